The number of benzene rings is 1. The molecule has 3 aromatic rings. The van der Waals surface area contributed by atoms with Crippen molar-refractivity contribution in [2.45, 2.75) is 37.8 Å². The first-order chi connectivity index (χ1) is 17.2. The van der Waals surface area contributed by atoms with Crippen LogP contribution in [-0.4, -0.2) is 59.1 Å². The number of nitrogens with two attached hydrogens (primary N) is 1. The molecule has 4 heterocycles. The van der Waals surface area contributed by atoms with Crippen molar-refractivity contribution in [3.8, 4) is 5.75 Å². The van der Waals surface area contributed by atoms with E-state index in [4.69, 9.17) is 9.88 Å². The van der Waals surface area contributed by atoms with Crippen molar-refractivity contribution >= 4 is 27.8 Å². The molecular weight excluding hydrogens is 496 g/mol. The van der Waals surface area contributed by atoms with E-state index in [0.717, 1.165) is 22.9 Å². The maximum absolute atomic E-state index is 14.5. The van der Waals surface area contributed by atoms with Crippen molar-refractivity contribution in [3.05, 3.63) is 53.9 Å². The molecule has 0 bridgehead atoms. The summed E-state index contributed by atoms with van der Waals surface area (Å²) >= 11 is 0. The highest BCUT2D eigenvalue weighted by Crippen LogP contribution is 2.37. The van der Waals surface area contributed by atoms with Crippen LogP contribution >= 0.6 is 0 Å². The third kappa shape index (κ3) is 4.96. The smallest absolute Gasteiger partial charge is 0.405 e. The molecule has 2 aliphatic heterocycles. The van der Waals surface area contributed by atoms with Crippen molar-refractivity contribution in [1.29, 1.82) is 0 Å². The second kappa shape index (κ2) is 9.59. The monoisotopic (exact) mass is 521 g/mol. The molecule has 36 heavy (non-hydrogen) atoms. The summed E-state index contributed by atoms with van der Waals surface area (Å²) in [6.45, 7) is 1.01. The Kier molecular flexibility index (Phi) is 6.49. The van der Waals surface area contributed by atoms with Crippen LogP contribution in [0.15, 0.2) is 36.7 Å². The normalized spacial score (nSPS) is 19.6. The molecule has 0 radical (unpaired) electrons. The summed E-state index contributed by atoms with van der Waals surface area (Å²) in [5, 5.41) is 12.0. The van der Waals surface area contributed by atoms with E-state index in [1.54, 1.807) is 12.3 Å². The van der Waals surface area contributed by atoms with Gasteiger partial charge in [-0.15, -0.1) is 0 Å². The van der Waals surface area contributed by atoms with Gasteiger partial charge in [-0.3, -0.25) is 0 Å². The first-order valence-electron chi connectivity index (χ1n) is 11.5. The third-order valence-corrected chi connectivity index (χ3v) is 7.61. The van der Waals surface area contributed by atoms with Gasteiger partial charge in [0.05, 0.1) is 12.2 Å². The summed E-state index contributed by atoms with van der Waals surface area (Å²) in [7, 11) is -3.75. The Labute approximate surface area is 206 Å². The van der Waals surface area contributed by atoms with Crippen molar-refractivity contribution in [1.82, 2.24) is 24.2 Å². The minimum Gasteiger partial charge on any atom is -0.405 e. The summed E-state index contributed by atoms with van der Waals surface area (Å²) in [6.07, 6.45) is 4.52. The summed E-state index contributed by atoms with van der Waals surface area (Å²) in [6, 6.07) is 4.49. The van der Waals surface area contributed by atoms with Crippen LogP contribution in [0, 0.1) is 11.6 Å². The number of halogens is 2. The molecule has 2 aliphatic rings. The van der Waals surface area contributed by atoms with E-state index < -0.39 is 27.9 Å². The quantitative estimate of drug-likeness (QED) is 0.525. The second-order valence-corrected chi connectivity index (χ2v) is 10.4. The molecule has 2 saturated heterocycles. The first-order valence-corrected chi connectivity index (χ1v) is 13.0. The number of aromatic nitrogens is 3. The van der Waals surface area contributed by atoms with Crippen LogP contribution in [0.25, 0.3) is 5.65 Å². The number of rotatable bonds is 5. The second-order valence-electron chi connectivity index (χ2n) is 8.83. The molecule has 0 unspecified atom stereocenters. The lowest BCUT2D eigenvalue weighted by molar-refractivity contribution is 0.189. The number of carbonyl (C=O) groups excluding carboxylic acids is 1. The predicted molar refractivity (Wildman–Crippen MR) is 126 cm³/mol. The van der Waals surface area contributed by atoms with Crippen LogP contribution in [0.1, 0.15) is 37.3 Å². The average molecular weight is 522 g/mol. The molecule has 2 aromatic heterocycles. The SMILES string of the molecule is NS(=O)(=O)N1CCC(NC(=O)Oc2cnn3ccc(N4CCC[C@@H]4c4cc(F)ccc4F)nc23)CC1. The Bertz CT molecular complexity index is 1390. The number of piperidine rings is 1. The molecule has 1 amide bonds. The van der Waals surface area contributed by atoms with Crippen LogP contribution < -0.4 is 20.1 Å². The van der Waals surface area contributed by atoms with Gasteiger partial charge in [0.25, 0.3) is 10.2 Å². The Morgan fingerprint density at radius 2 is 1.92 bits per heavy atom. The fourth-order valence-corrected chi connectivity index (χ4v) is 5.47. The lowest BCUT2D eigenvalue weighted by Gasteiger charge is -2.29. The highest BCUT2D eigenvalue weighted by molar-refractivity contribution is 7.86. The van der Waals surface area contributed by atoms with Crippen LogP contribution in [0.4, 0.5) is 19.4 Å². The van der Waals surface area contributed by atoms with Gasteiger partial charge in [0.2, 0.25) is 5.65 Å². The van der Waals surface area contributed by atoms with Gasteiger partial charge < -0.3 is 15.0 Å². The first kappa shape index (κ1) is 24.3. The molecule has 14 heteroatoms. The third-order valence-electron chi connectivity index (χ3n) is 6.52. The number of anilines is 1. The van der Waals surface area contributed by atoms with Gasteiger partial charge in [0.1, 0.15) is 17.5 Å². The number of fused-ring (bicyclic) bond motifs is 1. The number of nitrogens with zero attached hydrogens (tertiary/aromatic N) is 5. The number of hydrogen-bond acceptors (Lipinski definition) is 7. The number of ether oxygens (including phenoxy) is 1. The standard InChI is InChI=1S/C22H25F2N7O4S/c23-14-3-4-17(24)16(12-14)18-2-1-8-30(18)20-7-11-31-21(28-20)19(13-26-31)35-22(32)27-15-5-9-29(10-6-15)36(25,33)34/h3-4,7,11-13,15,18H,1-2,5-6,8-10H2,(H,27,32)(H2,25,33,34)/t18-/m1/s1. The molecule has 1 atom stereocenters. The topological polar surface area (TPSA) is 135 Å². The molecule has 1 aromatic carbocycles. The van der Waals surface area contributed by atoms with Gasteiger partial charge in [-0.1, -0.05) is 0 Å². The fraction of sp³-hybridized carbons (Fsp3) is 0.409. The number of carbonyl (C=O) groups is 1. The van der Waals surface area contributed by atoms with E-state index in [9.17, 15) is 22.0 Å². The Hall–Kier alpha value is -3.36. The molecule has 5 rings (SSSR count). The highest BCUT2D eigenvalue weighted by atomic mass is 32.2. The van der Waals surface area contributed by atoms with Crippen molar-refractivity contribution in [2.24, 2.45) is 5.14 Å². The van der Waals surface area contributed by atoms with Gasteiger partial charge in [0.15, 0.2) is 5.75 Å². The maximum Gasteiger partial charge on any atom is 0.413 e. The summed E-state index contributed by atoms with van der Waals surface area (Å²) in [4.78, 5) is 19.0. The average Bonchev–Trinajstić information content (AvgIpc) is 3.47. The molecule has 0 saturated carbocycles. The zero-order valence-electron chi connectivity index (χ0n) is 19.2. The van der Waals surface area contributed by atoms with Gasteiger partial charge in [-0.05, 0) is 49.9 Å². The van der Waals surface area contributed by atoms with Gasteiger partial charge >= 0.3 is 6.09 Å². The minimum absolute atomic E-state index is 0.129. The molecule has 192 valence electrons. The Morgan fingerprint density at radius 1 is 1.14 bits per heavy atom. The summed E-state index contributed by atoms with van der Waals surface area (Å²) < 4.78 is 59.2. The van der Waals surface area contributed by atoms with E-state index in [1.807, 2.05) is 4.90 Å². The van der Waals surface area contributed by atoms with Gasteiger partial charge in [-0.25, -0.2) is 28.2 Å². The molecule has 11 nitrogen and oxygen atoms in total. The van der Waals surface area contributed by atoms with E-state index in [1.165, 1.54) is 16.8 Å². The zero-order valence-corrected chi connectivity index (χ0v) is 20.0. The molecule has 0 spiro atoms. The van der Waals surface area contributed by atoms with E-state index >= 15 is 0 Å². The fourth-order valence-electron chi connectivity index (χ4n) is 4.76. The van der Waals surface area contributed by atoms with E-state index in [-0.39, 0.29) is 42.1 Å². The summed E-state index contributed by atoms with van der Waals surface area (Å²) in [5.41, 5.74) is 0.559. The van der Waals surface area contributed by atoms with Crippen LogP contribution in [-0.2, 0) is 10.2 Å². The van der Waals surface area contributed by atoms with Gasteiger partial charge in [-0.2, -0.15) is 17.8 Å². The number of nitrogens with one attached hydrogen (secondary N) is 1. The number of amides is 1. The Morgan fingerprint density at radius 3 is 2.67 bits per heavy atom. The lowest BCUT2D eigenvalue weighted by Crippen LogP contribution is -2.48. The van der Waals surface area contributed by atoms with Crippen LogP contribution in [0.5, 0.6) is 5.75 Å². The van der Waals surface area contributed by atoms with Crippen LogP contribution in [0.2, 0.25) is 0 Å². The molecular formula is C22H25F2N7O4S. The van der Waals surface area contributed by atoms with Crippen LogP contribution in [0.3, 0.4) is 0 Å². The van der Waals surface area contributed by atoms with Crippen molar-refractivity contribution < 1.29 is 26.7 Å². The zero-order chi connectivity index (χ0) is 25.4. The van der Waals surface area contributed by atoms with Crippen molar-refractivity contribution in [2.75, 3.05) is 24.5 Å². The summed E-state index contributed by atoms with van der Waals surface area (Å²) in [5.74, 6) is -0.331. The molecule has 3 N–H and O–H groups in total. The van der Waals surface area contributed by atoms with Crippen molar-refractivity contribution in [3.63, 3.8) is 0 Å². The number of hydrogen-bond donors (Lipinski definition) is 2. The minimum atomic E-state index is -3.75. The highest BCUT2D eigenvalue weighted by Gasteiger charge is 2.30. The van der Waals surface area contributed by atoms with Gasteiger partial charge in [0, 0.05) is 37.4 Å². The van der Waals surface area contributed by atoms with E-state index in [0.29, 0.717) is 31.6 Å². The predicted octanol–water partition coefficient (Wildman–Crippen LogP) is 2.11. The molecule has 2 fully saturated rings. The largest absolute Gasteiger partial charge is 0.413 e. The Balaban J connectivity index is 1.30. The maximum atomic E-state index is 14.5. The van der Waals surface area contributed by atoms with E-state index in [2.05, 4.69) is 15.4 Å². The molecule has 0 aliphatic carbocycles. The lowest BCUT2D eigenvalue weighted by atomic mass is 10.0.